The Labute approximate surface area is 174 Å². The van der Waals surface area contributed by atoms with Gasteiger partial charge in [0.25, 0.3) is 0 Å². The second-order valence-corrected chi connectivity index (χ2v) is 8.48. The normalized spacial score (nSPS) is 18.6. The summed E-state index contributed by atoms with van der Waals surface area (Å²) in [5.74, 6) is -1.27. The van der Waals surface area contributed by atoms with Crippen LogP contribution in [0.25, 0.3) is 0 Å². The highest BCUT2D eigenvalue weighted by Gasteiger charge is 2.43. The van der Waals surface area contributed by atoms with Crippen molar-refractivity contribution < 1.29 is 19.1 Å². The van der Waals surface area contributed by atoms with Gasteiger partial charge in [0.2, 0.25) is 0 Å². The van der Waals surface area contributed by atoms with Gasteiger partial charge < -0.3 is 14.8 Å². The zero-order chi connectivity index (χ0) is 20.5. The molecule has 0 radical (unpaired) electrons. The number of ether oxygens (including phenoxy) is 2. The molecule has 6 heteroatoms. The highest BCUT2D eigenvalue weighted by molar-refractivity contribution is 7.10. The van der Waals surface area contributed by atoms with Gasteiger partial charge in [-0.1, -0.05) is 30.3 Å². The van der Waals surface area contributed by atoms with Gasteiger partial charge in [-0.3, -0.25) is 0 Å². The van der Waals surface area contributed by atoms with Gasteiger partial charge in [0.15, 0.2) is 0 Å². The summed E-state index contributed by atoms with van der Waals surface area (Å²) in [7, 11) is 0. The fraction of sp³-hybridized carbons (Fsp3) is 0.304. The van der Waals surface area contributed by atoms with E-state index in [1.165, 1.54) is 5.56 Å². The number of dihydropyridines is 1. The molecule has 0 saturated heterocycles. The third-order valence-corrected chi connectivity index (χ3v) is 6.01. The highest BCUT2D eigenvalue weighted by Crippen LogP contribution is 2.44. The van der Waals surface area contributed by atoms with Crippen molar-refractivity contribution in [3.05, 3.63) is 80.3 Å². The van der Waals surface area contributed by atoms with E-state index in [1.54, 1.807) is 11.3 Å². The molecule has 1 atom stereocenters. The Morgan fingerprint density at radius 1 is 1.28 bits per heavy atom. The number of nitrogens with one attached hydrogen (secondary N) is 1. The van der Waals surface area contributed by atoms with E-state index >= 15 is 0 Å². The monoisotopic (exact) mass is 409 g/mol. The van der Waals surface area contributed by atoms with Gasteiger partial charge in [-0.05, 0) is 43.3 Å². The number of allylic oxidation sites excluding steroid dienone is 1. The molecule has 2 aliphatic rings. The van der Waals surface area contributed by atoms with Crippen molar-refractivity contribution in [2.24, 2.45) is 0 Å². The van der Waals surface area contributed by atoms with E-state index < -0.39 is 11.9 Å². The highest BCUT2D eigenvalue weighted by atomic mass is 32.1. The fourth-order valence-electron chi connectivity index (χ4n) is 3.86. The van der Waals surface area contributed by atoms with Crippen LogP contribution in [0.15, 0.2) is 64.3 Å². The van der Waals surface area contributed by atoms with Crippen molar-refractivity contribution in [1.82, 2.24) is 5.32 Å². The number of carbonyl (C=O) groups excluding carboxylic acids is 2. The van der Waals surface area contributed by atoms with Crippen molar-refractivity contribution in [2.75, 3.05) is 6.61 Å². The maximum atomic E-state index is 13.0. The molecule has 0 saturated carbocycles. The first kappa shape index (κ1) is 19.5. The molecule has 3 heterocycles. The number of hydrogen-bond donors (Lipinski definition) is 1. The number of benzene rings is 1. The molecule has 0 amide bonds. The second kappa shape index (κ2) is 7.87. The summed E-state index contributed by atoms with van der Waals surface area (Å²) < 4.78 is 10.8. The van der Waals surface area contributed by atoms with E-state index in [0.717, 1.165) is 22.6 Å². The molecule has 1 unspecified atom stereocenters. The standard InChI is InChI=1S/C23H23NO4S/c1-13(2)28-23(26)19-14(3)24-17-12-27-22(25)21(17)20(19)16-9-10-29-18(16)11-15-7-5-4-6-8-15/h4-10,13,20,24H,11-12H2,1-3H3. The van der Waals surface area contributed by atoms with Crippen LogP contribution in [0.3, 0.4) is 0 Å². The zero-order valence-electron chi connectivity index (χ0n) is 16.7. The summed E-state index contributed by atoms with van der Waals surface area (Å²) in [6.07, 6.45) is 0.488. The summed E-state index contributed by atoms with van der Waals surface area (Å²) in [6.45, 7) is 5.68. The predicted octanol–water partition coefficient (Wildman–Crippen LogP) is 4.06. The van der Waals surface area contributed by atoms with E-state index in [0.29, 0.717) is 16.8 Å². The Hall–Kier alpha value is -2.86. The van der Waals surface area contributed by atoms with Gasteiger partial charge in [-0.2, -0.15) is 0 Å². The van der Waals surface area contributed by atoms with Crippen LogP contribution in [0.5, 0.6) is 0 Å². The van der Waals surface area contributed by atoms with Crippen LogP contribution in [0.2, 0.25) is 0 Å². The summed E-state index contributed by atoms with van der Waals surface area (Å²) in [5, 5.41) is 5.20. The van der Waals surface area contributed by atoms with Crippen molar-refractivity contribution in [3.63, 3.8) is 0 Å². The molecule has 2 aromatic rings. The Morgan fingerprint density at radius 3 is 2.76 bits per heavy atom. The van der Waals surface area contributed by atoms with Crippen LogP contribution in [0, 0.1) is 0 Å². The Kier molecular flexibility index (Phi) is 5.28. The zero-order valence-corrected chi connectivity index (χ0v) is 17.5. The maximum absolute atomic E-state index is 13.0. The molecule has 29 heavy (non-hydrogen) atoms. The first-order valence-electron chi connectivity index (χ1n) is 9.64. The summed E-state index contributed by atoms with van der Waals surface area (Å²) in [5.41, 5.74) is 4.56. The molecule has 1 aromatic carbocycles. The van der Waals surface area contributed by atoms with E-state index in [4.69, 9.17) is 9.47 Å². The summed E-state index contributed by atoms with van der Waals surface area (Å²) >= 11 is 1.63. The van der Waals surface area contributed by atoms with Crippen LogP contribution in [0.1, 0.15) is 42.7 Å². The number of cyclic esters (lactones) is 1. The molecule has 4 rings (SSSR count). The molecule has 150 valence electrons. The lowest BCUT2D eigenvalue weighted by Crippen LogP contribution is -2.31. The Bertz CT molecular complexity index is 1020. The summed E-state index contributed by atoms with van der Waals surface area (Å²) in [6, 6.07) is 12.2. The lowest BCUT2D eigenvalue weighted by Gasteiger charge is -2.28. The van der Waals surface area contributed by atoms with E-state index in [2.05, 4.69) is 17.4 Å². The minimum atomic E-state index is -0.488. The van der Waals surface area contributed by atoms with Crippen LogP contribution in [0.4, 0.5) is 0 Å². The van der Waals surface area contributed by atoms with Crippen LogP contribution in [-0.4, -0.2) is 24.6 Å². The second-order valence-electron chi connectivity index (χ2n) is 7.48. The van der Waals surface area contributed by atoms with Gasteiger partial charge in [-0.15, -0.1) is 11.3 Å². The predicted molar refractivity (Wildman–Crippen MR) is 111 cm³/mol. The molecule has 1 aromatic heterocycles. The SMILES string of the molecule is CC1=C(C(=O)OC(C)C)C(c2ccsc2Cc2ccccc2)C2=C(COC2=O)N1. The maximum Gasteiger partial charge on any atom is 0.337 e. The lowest BCUT2D eigenvalue weighted by atomic mass is 9.80. The number of rotatable bonds is 5. The summed E-state index contributed by atoms with van der Waals surface area (Å²) in [4.78, 5) is 26.7. The smallest absolute Gasteiger partial charge is 0.337 e. The molecule has 1 N–H and O–H groups in total. The van der Waals surface area contributed by atoms with Crippen LogP contribution in [-0.2, 0) is 25.5 Å². The molecule has 0 fully saturated rings. The topological polar surface area (TPSA) is 64.6 Å². The molecular formula is C23H23NO4S. The van der Waals surface area contributed by atoms with Gasteiger partial charge in [-0.25, -0.2) is 9.59 Å². The minimum absolute atomic E-state index is 0.201. The first-order chi connectivity index (χ1) is 14.0. The third kappa shape index (κ3) is 3.72. The van der Waals surface area contributed by atoms with E-state index in [1.807, 2.05) is 50.4 Å². The number of hydrogen-bond acceptors (Lipinski definition) is 6. The molecule has 0 bridgehead atoms. The first-order valence-corrected chi connectivity index (χ1v) is 10.5. The van der Waals surface area contributed by atoms with E-state index in [9.17, 15) is 9.59 Å². The Balaban J connectivity index is 1.80. The molecular weight excluding hydrogens is 386 g/mol. The van der Waals surface area contributed by atoms with Crippen molar-refractivity contribution >= 4 is 23.3 Å². The van der Waals surface area contributed by atoms with Gasteiger partial charge in [0.1, 0.15) is 6.61 Å². The van der Waals surface area contributed by atoms with Crippen molar-refractivity contribution in [2.45, 2.75) is 39.2 Å². The quantitative estimate of drug-likeness (QED) is 0.755. The van der Waals surface area contributed by atoms with Gasteiger partial charge in [0, 0.05) is 17.0 Å². The number of thiophene rings is 1. The minimum Gasteiger partial charge on any atom is -0.460 e. The lowest BCUT2D eigenvalue weighted by molar-refractivity contribution is -0.143. The molecule has 0 spiro atoms. The molecule has 5 nitrogen and oxygen atoms in total. The molecule has 0 aliphatic carbocycles. The average molecular weight is 410 g/mol. The fourth-order valence-corrected chi connectivity index (χ4v) is 4.81. The average Bonchev–Trinajstić information content (AvgIpc) is 3.27. The molecule has 2 aliphatic heterocycles. The van der Waals surface area contributed by atoms with Crippen molar-refractivity contribution in [3.8, 4) is 0 Å². The van der Waals surface area contributed by atoms with Gasteiger partial charge in [0.05, 0.1) is 28.9 Å². The number of carbonyl (C=O) groups is 2. The van der Waals surface area contributed by atoms with E-state index in [-0.39, 0.29) is 18.7 Å². The number of esters is 2. The van der Waals surface area contributed by atoms with Gasteiger partial charge >= 0.3 is 11.9 Å². The van der Waals surface area contributed by atoms with Crippen LogP contribution >= 0.6 is 11.3 Å². The third-order valence-electron chi connectivity index (χ3n) is 5.07. The Morgan fingerprint density at radius 2 is 2.03 bits per heavy atom. The van der Waals surface area contributed by atoms with Crippen LogP contribution < -0.4 is 5.32 Å². The largest absolute Gasteiger partial charge is 0.460 e. The van der Waals surface area contributed by atoms with Crippen molar-refractivity contribution in [1.29, 1.82) is 0 Å².